The number of hydrogen-bond acceptors (Lipinski definition) is 6. The Morgan fingerprint density at radius 3 is 2.96 bits per heavy atom. The molecule has 0 N–H and O–H groups in total. The van der Waals surface area contributed by atoms with Gasteiger partial charge in [-0.3, -0.25) is 14.5 Å². The van der Waals surface area contributed by atoms with Gasteiger partial charge < -0.3 is 9.42 Å². The van der Waals surface area contributed by atoms with Gasteiger partial charge in [0.25, 0.3) is 5.91 Å². The summed E-state index contributed by atoms with van der Waals surface area (Å²) in [6.07, 6.45) is 4.11. The number of rotatable bonds is 3. The van der Waals surface area contributed by atoms with Crippen molar-refractivity contribution in [2.45, 2.75) is 12.3 Å². The van der Waals surface area contributed by atoms with Crippen molar-refractivity contribution in [2.75, 3.05) is 13.1 Å². The van der Waals surface area contributed by atoms with Crippen molar-refractivity contribution in [3.8, 4) is 11.5 Å². The van der Waals surface area contributed by atoms with Crippen molar-refractivity contribution in [1.29, 1.82) is 0 Å². The zero-order valence-corrected chi connectivity index (χ0v) is 13.2. The van der Waals surface area contributed by atoms with Gasteiger partial charge in [0.1, 0.15) is 11.4 Å². The van der Waals surface area contributed by atoms with E-state index in [1.165, 1.54) is 0 Å². The molecule has 0 saturated carbocycles. The summed E-state index contributed by atoms with van der Waals surface area (Å²) in [5.74, 6) is 1.05. The Morgan fingerprint density at radius 2 is 2.21 bits per heavy atom. The molecule has 8 nitrogen and oxygen atoms in total. The van der Waals surface area contributed by atoms with Crippen molar-refractivity contribution in [2.24, 2.45) is 7.05 Å². The summed E-state index contributed by atoms with van der Waals surface area (Å²) in [4.78, 5) is 23.0. The smallest absolute Gasteiger partial charge is 0.272 e. The average Bonchev–Trinajstić information content (AvgIpc) is 3.35. The van der Waals surface area contributed by atoms with Gasteiger partial charge in [-0.2, -0.15) is 10.1 Å². The molecule has 1 aliphatic rings. The van der Waals surface area contributed by atoms with Crippen LogP contribution in [0.5, 0.6) is 0 Å². The number of carbonyl (C=O) groups excluding carboxylic acids is 1. The number of likely N-dealkylation sites (tertiary alicyclic amines) is 1. The van der Waals surface area contributed by atoms with Gasteiger partial charge in [-0.15, -0.1) is 0 Å². The Hall–Kier alpha value is -3.03. The van der Waals surface area contributed by atoms with E-state index in [0.29, 0.717) is 36.2 Å². The largest absolute Gasteiger partial charge is 0.339 e. The normalized spacial score (nSPS) is 17.4. The molecule has 0 spiro atoms. The van der Waals surface area contributed by atoms with Crippen molar-refractivity contribution >= 4 is 5.91 Å². The van der Waals surface area contributed by atoms with Gasteiger partial charge >= 0.3 is 0 Å². The number of pyridine rings is 1. The number of aromatic nitrogens is 5. The minimum Gasteiger partial charge on any atom is -0.339 e. The third kappa shape index (κ3) is 2.55. The highest BCUT2D eigenvalue weighted by molar-refractivity contribution is 5.92. The molecule has 122 valence electrons. The summed E-state index contributed by atoms with van der Waals surface area (Å²) < 4.78 is 6.97. The zero-order chi connectivity index (χ0) is 16.5. The number of amides is 1. The summed E-state index contributed by atoms with van der Waals surface area (Å²) in [5.41, 5.74) is 1.25. The SMILES string of the molecule is Cn1nccc1C(=O)N1CC[C@H](c2nc(-c3ccccn3)no2)C1. The molecule has 24 heavy (non-hydrogen) atoms. The third-order valence-electron chi connectivity index (χ3n) is 4.20. The van der Waals surface area contributed by atoms with Crippen LogP contribution in [0.15, 0.2) is 41.2 Å². The summed E-state index contributed by atoms with van der Waals surface area (Å²) in [7, 11) is 1.76. The van der Waals surface area contributed by atoms with Gasteiger partial charge in [-0.25, -0.2) is 0 Å². The van der Waals surface area contributed by atoms with Gasteiger partial charge in [-0.1, -0.05) is 11.2 Å². The van der Waals surface area contributed by atoms with Gasteiger partial charge in [0.15, 0.2) is 0 Å². The maximum atomic E-state index is 12.5. The first-order chi connectivity index (χ1) is 11.7. The average molecular weight is 324 g/mol. The fourth-order valence-corrected chi connectivity index (χ4v) is 2.89. The summed E-state index contributed by atoms with van der Waals surface area (Å²) in [6.45, 7) is 1.23. The number of hydrogen-bond donors (Lipinski definition) is 0. The van der Waals surface area contributed by atoms with Crippen LogP contribution in [0, 0.1) is 0 Å². The van der Waals surface area contributed by atoms with Crippen LogP contribution in [-0.2, 0) is 7.05 Å². The lowest BCUT2D eigenvalue weighted by atomic mass is 10.1. The van der Waals surface area contributed by atoms with Gasteiger partial charge in [0.05, 0.1) is 5.92 Å². The van der Waals surface area contributed by atoms with E-state index in [4.69, 9.17) is 4.52 Å². The minimum atomic E-state index is -0.0260. The first-order valence-electron chi connectivity index (χ1n) is 7.74. The predicted octanol–water partition coefficient (Wildman–Crippen LogP) is 1.49. The minimum absolute atomic E-state index is 0.0260. The lowest BCUT2D eigenvalue weighted by Gasteiger charge is -2.15. The van der Waals surface area contributed by atoms with E-state index < -0.39 is 0 Å². The lowest BCUT2D eigenvalue weighted by Crippen LogP contribution is -2.30. The molecule has 1 aliphatic heterocycles. The first-order valence-corrected chi connectivity index (χ1v) is 7.74. The van der Waals surface area contributed by atoms with Gasteiger partial charge in [-0.05, 0) is 24.6 Å². The molecule has 1 atom stereocenters. The second kappa shape index (κ2) is 5.88. The summed E-state index contributed by atoms with van der Waals surface area (Å²) in [5, 5.41) is 8.04. The molecule has 1 fully saturated rings. The van der Waals surface area contributed by atoms with E-state index in [9.17, 15) is 4.79 Å². The van der Waals surface area contributed by atoms with E-state index >= 15 is 0 Å². The fraction of sp³-hybridized carbons (Fsp3) is 0.312. The van der Waals surface area contributed by atoms with Crippen molar-refractivity contribution in [1.82, 2.24) is 29.8 Å². The first kappa shape index (κ1) is 14.6. The molecule has 1 amide bonds. The maximum Gasteiger partial charge on any atom is 0.272 e. The monoisotopic (exact) mass is 324 g/mol. The van der Waals surface area contributed by atoms with Crippen LogP contribution in [0.2, 0.25) is 0 Å². The van der Waals surface area contributed by atoms with Gasteiger partial charge in [0, 0.05) is 32.5 Å². The highest BCUT2D eigenvalue weighted by atomic mass is 16.5. The molecular formula is C16H16N6O2. The molecule has 8 heteroatoms. The van der Waals surface area contributed by atoms with Crippen molar-refractivity contribution < 1.29 is 9.32 Å². The van der Waals surface area contributed by atoms with Crippen LogP contribution in [0.1, 0.15) is 28.7 Å². The summed E-state index contributed by atoms with van der Waals surface area (Å²) in [6, 6.07) is 7.27. The van der Waals surface area contributed by atoms with E-state index in [2.05, 4.69) is 20.2 Å². The molecular weight excluding hydrogens is 308 g/mol. The van der Waals surface area contributed by atoms with E-state index in [1.54, 1.807) is 35.1 Å². The number of aryl methyl sites for hydroxylation is 1. The van der Waals surface area contributed by atoms with Crippen LogP contribution in [0.4, 0.5) is 0 Å². The second-order valence-corrected chi connectivity index (χ2v) is 5.75. The zero-order valence-electron chi connectivity index (χ0n) is 13.2. The maximum absolute atomic E-state index is 12.5. The standard InChI is InChI=1S/C16H16N6O2/c1-21-13(5-8-18-21)16(23)22-9-6-11(10-22)15-19-14(20-24-15)12-4-2-3-7-17-12/h2-5,7-8,11H,6,9-10H2,1H3/t11-/m0/s1. The highest BCUT2D eigenvalue weighted by Gasteiger charge is 2.32. The predicted molar refractivity (Wildman–Crippen MR) is 84.0 cm³/mol. The van der Waals surface area contributed by atoms with Crippen LogP contribution < -0.4 is 0 Å². The Kier molecular flexibility index (Phi) is 3.56. The molecule has 0 bridgehead atoms. The van der Waals surface area contributed by atoms with Crippen molar-refractivity contribution in [3.63, 3.8) is 0 Å². The molecule has 1 saturated heterocycles. The molecule has 3 aromatic rings. The molecule has 0 unspecified atom stereocenters. The molecule has 3 aromatic heterocycles. The Morgan fingerprint density at radius 1 is 1.29 bits per heavy atom. The van der Waals surface area contributed by atoms with Crippen LogP contribution in [0.25, 0.3) is 11.5 Å². The summed E-state index contributed by atoms with van der Waals surface area (Å²) >= 11 is 0. The second-order valence-electron chi connectivity index (χ2n) is 5.75. The van der Waals surface area contributed by atoms with Crippen LogP contribution in [-0.4, -0.2) is 48.8 Å². The highest BCUT2D eigenvalue weighted by Crippen LogP contribution is 2.28. The van der Waals surface area contributed by atoms with Crippen LogP contribution >= 0.6 is 0 Å². The number of carbonyl (C=O) groups is 1. The van der Waals surface area contributed by atoms with Crippen LogP contribution in [0.3, 0.4) is 0 Å². The molecule has 4 heterocycles. The van der Waals surface area contributed by atoms with E-state index in [1.807, 2.05) is 18.2 Å². The Balaban J connectivity index is 1.49. The quantitative estimate of drug-likeness (QED) is 0.725. The molecule has 0 radical (unpaired) electrons. The van der Waals surface area contributed by atoms with Gasteiger partial charge in [0.2, 0.25) is 11.7 Å². The topological polar surface area (TPSA) is 89.9 Å². The number of nitrogens with zero attached hydrogens (tertiary/aromatic N) is 6. The Labute approximate surface area is 138 Å². The molecule has 0 aliphatic carbocycles. The van der Waals surface area contributed by atoms with E-state index in [0.717, 1.165) is 6.42 Å². The third-order valence-corrected chi connectivity index (χ3v) is 4.20. The molecule has 0 aromatic carbocycles. The lowest BCUT2D eigenvalue weighted by molar-refractivity contribution is 0.0778. The Bertz CT molecular complexity index is 856. The van der Waals surface area contributed by atoms with Crippen molar-refractivity contribution in [3.05, 3.63) is 48.2 Å². The molecule has 4 rings (SSSR count). The van der Waals surface area contributed by atoms with E-state index in [-0.39, 0.29) is 11.8 Å². The fourth-order valence-electron chi connectivity index (χ4n) is 2.89.